The topological polar surface area (TPSA) is 89.0 Å². The zero-order chi connectivity index (χ0) is 14.5. The van der Waals surface area contributed by atoms with Gasteiger partial charge in [0.2, 0.25) is 11.6 Å². The molecule has 0 N–H and O–H groups in total. The van der Waals surface area contributed by atoms with Gasteiger partial charge in [-0.25, -0.2) is 4.98 Å². The summed E-state index contributed by atoms with van der Waals surface area (Å²) in [5, 5.41) is 19.8. The van der Waals surface area contributed by atoms with E-state index in [4.69, 9.17) is 21.6 Å². The second kappa shape index (κ2) is 5.99. The number of ether oxygens (including phenoxy) is 1. The normalized spacial score (nSPS) is 9.80. The molecule has 6 nitrogen and oxygen atoms in total. The first-order valence-corrected chi connectivity index (χ1v) is 6.05. The second-order valence-corrected chi connectivity index (χ2v) is 4.02. The zero-order valence-corrected chi connectivity index (χ0v) is 10.9. The third-order valence-electron chi connectivity index (χ3n) is 2.49. The third-order valence-corrected chi connectivity index (χ3v) is 2.77. The maximum absolute atomic E-state index is 11.0. The Balaban J connectivity index is 2.43. The van der Waals surface area contributed by atoms with Gasteiger partial charge in [-0.15, -0.1) is 11.6 Å². The minimum atomic E-state index is -0.612. The number of hydrogen-bond acceptors (Lipinski definition) is 5. The van der Waals surface area contributed by atoms with Gasteiger partial charge in [0.05, 0.1) is 22.4 Å². The van der Waals surface area contributed by atoms with Gasteiger partial charge < -0.3 is 4.74 Å². The largest absolute Gasteiger partial charge is 0.431 e. The van der Waals surface area contributed by atoms with Crippen molar-refractivity contribution in [2.45, 2.75) is 5.88 Å². The van der Waals surface area contributed by atoms with Crippen LogP contribution in [0.1, 0.15) is 11.1 Å². The highest BCUT2D eigenvalue weighted by atomic mass is 35.5. The minimum Gasteiger partial charge on any atom is -0.431 e. The van der Waals surface area contributed by atoms with E-state index in [2.05, 4.69) is 4.98 Å². The van der Waals surface area contributed by atoms with Gasteiger partial charge in [0.1, 0.15) is 0 Å². The van der Waals surface area contributed by atoms with Gasteiger partial charge in [0, 0.05) is 17.8 Å². The number of nitro benzene ring substituents is 1. The molecule has 1 heterocycles. The van der Waals surface area contributed by atoms with Crippen molar-refractivity contribution in [3.05, 3.63) is 57.8 Å². The van der Waals surface area contributed by atoms with Crippen molar-refractivity contribution >= 4 is 17.3 Å². The van der Waals surface area contributed by atoms with Crippen molar-refractivity contribution in [2.24, 2.45) is 0 Å². The molecule has 0 saturated carbocycles. The highest BCUT2D eigenvalue weighted by molar-refractivity contribution is 6.17. The smallest absolute Gasteiger partial charge is 0.312 e. The highest BCUT2D eigenvalue weighted by Gasteiger charge is 2.18. The number of benzene rings is 1. The van der Waals surface area contributed by atoms with Gasteiger partial charge in [-0.1, -0.05) is 6.07 Å². The van der Waals surface area contributed by atoms with Crippen LogP contribution in [0.3, 0.4) is 0 Å². The van der Waals surface area contributed by atoms with Crippen molar-refractivity contribution in [2.75, 3.05) is 0 Å². The molecule has 0 aliphatic rings. The van der Waals surface area contributed by atoms with Crippen LogP contribution in [0.15, 0.2) is 36.5 Å². The summed E-state index contributed by atoms with van der Waals surface area (Å²) < 4.78 is 5.45. The van der Waals surface area contributed by atoms with Crippen molar-refractivity contribution in [3.63, 3.8) is 0 Å². The molecule has 0 atom stereocenters. The molecule has 0 radical (unpaired) electrons. The van der Waals surface area contributed by atoms with Crippen molar-refractivity contribution < 1.29 is 9.66 Å². The van der Waals surface area contributed by atoms with E-state index in [0.717, 1.165) is 6.07 Å². The lowest BCUT2D eigenvalue weighted by molar-refractivity contribution is -0.385. The van der Waals surface area contributed by atoms with Crippen LogP contribution < -0.4 is 4.74 Å². The van der Waals surface area contributed by atoms with Crippen LogP contribution in [0.4, 0.5) is 5.69 Å². The van der Waals surface area contributed by atoms with Gasteiger partial charge in [0.15, 0.2) is 0 Å². The molecule has 0 fully saturated rings. The second-order valence-electron chi connectivity index (χ2n) is 3.75. The summed E-state index contributed by atoms with van der Waals surface area (Å²) in [6.45, 7) is 0. The van der Waals surface area contributed by atoms with E-state index >= 15 is 0 Å². The van der Waals surface area contributed by atoms with E-state index in [1.54, 1.807) is 12.1 Å². The van der Waals surface area contributed by atoms with E-state index in [9.17, 15) is 10.1 Å². The van der Waals surface area contributed by atoms with Crippen LogP contribution in [0.2, 0.25) is 0 Å². The Morgan fingerprint density at radius 1 is 1.45 bits per heavy atom. The molecule has 0 spiro atoms. The van der Waals surface area contributed by atoms with E-state index in [1.165, 1.54) is 18.3 Å². The number of nitrogens with zero attached hydrogens (tertiary/aromatic N) is 3. The van der Waals surface area contributed by atoms with Gasteiger partial charge in [-0.3, -0.25) is 10.1 Å². The molecule has 0 saturated heterocycles. The molecule has 0 aliphatic heterocycles. The fourth-order valence-electron chi connectivity index (χ4n) is 1.54. The van der Waals surface area contributed by atoms with Crippen LogP contribution in [0.5, 0.6) is 11.6 Å². The first-order valence-electron chi connectivity index (χ1n) is 5.52. The fourth-order valence-corrected chi connectivity index (χ4v) is 1.74. The number of nitriles is 1. The van der Waals surface area contributed by atoms with Crippen LogP contribution in [0, 0.1) is 21.4 Å². The summed E-state index contributed by atoms with van der Waals surface area (Å²) in [4.78, 5) is 14.4. The average Bonchev–Trinajstić information content (AvgIpc) is 2.48. The summed E-state index contributed by atoms with van der Waals surface area (Å²) in [5.41, 5.74) is 0.505. The van der Waals surface area contributed by atoms with E-state index in [1.807, 2.05) is 6.07 Å². The number of hydrogen-bond donors (Lipinski definition) is 0. The number of alkyl halides is 1. The molecule has 2 rings (SSSR count). The SMILES string of the molecule is N#Cc1ccc(Oc2ncccc2CCl)c([N+](=O)[O-])c1. The zero-order valence-electron chi connectivity index (χ0n) is 10.1. The average molecular weight is 290 g/mol. The lowest BCUT2D eigenvalue weighted by Crippen LogP contribution is -1.97. The summed E-state index contributed by atoms with van der Waals surface area (Å²) in [7, 11) is 0. The van der Waals surface area contributed by atoms with E-state index in [0.29, 0.717) is 5.56 Å². The summed E-state index contributed by atoms with van der Waals surface area (Å²) in [6, 6.07) is 9.20. The Hall–Kier alpha value is -2.65. The number of nitro groups is 1. The van der Waals surface area contributed by atoms with Crippen molar-refractivity contribution in [3.8, 4) is 17.7 Å². The molecule has 0 amide bonds. The molecule has 0 aliphatic carbocycles. The first-order chi connectivity index (χ1) is 9.65. The molecule has 0 bridgehead atoms. The Labute approximate surface area is 119 Å². The first kappa shape index (κ1) is 13.8. The Morgan fingerprint density at radius 3 is 2.90 bits per heavy atom. The van der Waals surface area contributed by atoms with Gasteiger partial charge >= 0.3 is 5.69 Å². The molecular formula is C13H8ClN3O3. The number of rotatable bonds is 4. The number of halogens is 1. The molecule has 7 heteroatoms. The van der Waals surface area contributed by atoms with Gasteiger partial charge in [-0.05, 0) is 18.2 Å². The van der Waals surface area contributed by atoms with Crippen LogP contribution in [-0.4, -0.2) is 9.91 Å². The maximum Gasteiger partial charge on any atom is 0.312 e. The van der Waals surface area contributed by atoms with Crippen LogP contribution in [-0.2, 0) is 5.88 Å². The van der Waals surface area contributed by atoms with Crippen LogP contribution >= 0.6 is 11.6 Å². The van der Waals surface area contributed by atoms with Crippen LogP contribution in [0.25, 0.3) is 0 Å². The number of aromatic nitrogens is 1. The quantitative estimate of drug-likeness (QED) is 0.489. The predicted molar refractivity (Wildman–Crippen MR) is 71.7 cm³/mol. The third kappa shape index (κ3) is 2.84. The van der Waals surface area contributed by atoms with E-state index < -0.39 is 4.92 Å². The summed E-state index contributed by atoms with van der Waals surface area (Å²) in [6.07, 6.45) is 1.50. The maximum atomic E-state index is 11.0. The Morgan fingerprint density at radius 2 is 2.25 bits per heavy atom. The standard InChI is InChI=1S/C13H8ClN3O3/c14-7-10-2-1-5-16-13(10)20-12-4-3-9(8-15)6-11(12)17(18)19/h1-6H,7H2. The molecule has 1 aromatic heterocycles. The number of pyridine rings is 1. The predicted octanol–water partition coefficient (Wildman–Crippen LogP) is 3.39. The molecular weight excluding hydrogens is 282 g/mol. The Kier molecular flexibility index (Phi) is 4.13. The highest BCUT2D eigenvalue weighted by Crippen LogP contribution is 2.32. The molecule has 1 aromatic carbocycles. The van der Waals surface area contributed by atoms with Crippen molar-refractivity contribution in [1.29, 1.82) is 5.26 Å². The summed E-state index contributed by atoms with van der Waals surface area (Å²) >= 11 is 5.75. The minimum absolute atomic E-state index is 0.0130. The van der Waals surface area contributed by atoms with Gasteiger partial charge in [0.25, 0.3) is 0 Å². The lowest BCUT2D eigenvalue weighted by Gasteiger charge is -2.08. The monoisotopic (exact) mass is 289 g/mol. The lowest BCUT2D eigenvalue weighted by atomic mass is 10.2. The van der Waals surface area contributed by atoms with Crippen molar-refractivity contribution in [1.82, 2.24) is 4.98 Å². The molecule has 20 heavy (non-hydrogen) atoms. The van der Waals surface area contributed by atoms with Gasteiger partial charge in [-0.2, -0.15) is 5.26 Å². The fraction of sp³-hybridized carbons (Fsp3) is 0.0769. The molecule has 100 valence electrons. The van der Waals surface area contributed by atoms with E-state index in [-0.39, 0.29) is 28.8 Å². The molecule has 2 aromatic rings. The molecule has 0 unspecified atom stereocenters. The summed E-state index contributed by atoms with van der Waals surface area (Å²) in [5.74, 6) is 0.391. The Bertz CT molecular complexity index is 698.